The number of aliphatic hydroxyl groups is 2. The highest BCUT2D eigenvalue weighted by molar-refractivity contribution is 5.83. The highest BCUT2D eigenvalue weighted by Gasteiger charge is 2.29. The van der Waals surface area contributed by atoms with Crippen molar-refractivity contribution in [3.05, 3.63) is 0 Å². The fraction of sp³-hybridized carbons (Fsp3) is 0.917. The molecule has 0 fully saturated rings. The SMILES string of the molecule is CCCCCCCCCCN.CCCCCCCCCCN.O=C(O)C(O)C(O)C(=O)O. The lowest BCUT2D eigenvalue weighted by Gasteiger charge is -2.07. The van der Waals surface area contributed by atoms with Crippen LogP contribution in [0.2, 0.25) is 0 Å². The molecule has 0 aliphatic carbocycles. The summed E-state index contributed by atoms with van der Waals surface area (Å²) in [6.07, 6.45) is 17.4. The predicted octanol–water partition coefficient (Wildman–Crippen LogP) is 4.05. The zero-order valence-electron chi connectivity index (χ0n) is 20.6. The molecule has 0 rings (SSSR count). The number of carboxylic acid groups (broad SMARTS) is 2. The molecule has 32 heavy (non-hydrogen) atoms. The molecule has 0 aromatic carbocycles. The molecular weight excluding hydrogens is 412 g/mol. The molecule has 0 saturated carbocycles. The molecule has 8 nitrogen and oxygen atoms in total. The van der Waals surface area contributed by atoms with Crippen LogP contribution in [0.5, 0.6) is 0 Å². The maximum absolute atomic E-state index is 9.77. The average molecular weight is 465 g/mol. The second kappa shape index (κ2) is 29.8. The van der Waals surface area contributed by atoms with E-state index in [-0.39, 0.29) is 0 Å². The van der Waals surface area contributed by atoms with E-state index >= 15 is 0 Å². The third kappa shape index (κ3) is 31.0. The highest BCUT2D eigenvalue weighted by Crippen LogP contribution is 2.08. The Morgan fingerprint density at radius 3 is 0.938 bits per heavy atom. The Morgan fingerprint density at radius 1 is 0.531 bits per heavy atom. The van der Waals surface area contributed by atoms with Crippen molar-refractivity contribution in [3.63, 3.8) is 0 Å². The third-order valence-electron chi connectivity index (χ3n) is 4.92. The molecule has 0 aliphatic heterocycles. The van der Waals surface area contributed by atoms with Gasteiger partial charge < -0.3 is 31.9 Å². The second-order valence-electron chi connectivity index (χ2n) is 8.09. The normalized spacial score (nSPS) is 12.1. The van der Waals surface area contributed by atoms with Crippen molar-refractivity contribution in [2.24, 2.45) is 11.5 Å². The fourth-order valence-corrected chi connectivity index (χ4v) is 2.83. The number of hydrogen-bond acceptors (Lipinski definition) is 6. The summed E-state index contributed by atoms with van der Waals surface area (Å²) in [7, 11) is 0. The average Bonchev–Trinajstić information content (AvgIpc) is 2.77. The van der Waals surface area contributed by atoms with Gasteiger partial charge in [-0.1, -0.05) is 104 Å². The van der Waals surface area contributed by atoms with Gasteiger partial charge in [0.25, 0.3) is 0 Å². The van der Waals surface area contributed by atoms with Crippen molar-refractivity contribution in [1.29, 1.82) is 0 Å². The summed E-state index contributed by atoms with van der Waals surface area (Å²) in [5, 5.41) is 32.5. The lowest BCUT2D eigenvalue weighted by atomic mass is 10.1. The van der Waals surface area contributed by atoms with Gasteiger partial charge in [0.1, 0.15) is 0 Å². The number of carbonyl (C=O) groups is 2. The van der Waals surface area contributed by atoms with Crippen LogP contribution >= 0.6 is 0 Å². The second-order valence-corrected chi connectivity index (χ2v) is 8.09. The Balaban J connectivity index is -0.000000395. The third-order valence-corrected chi connectivity index (χ3v) is 4.92. The Kier molecular flexibility index (Phi) is 32.9. The summed E-state index contributed by atoms with van der Waals surface area (Å²) in [6, 6.07) is 0. The van der Waals surface area contributed by atoms with Gasteiger partial charge in [-0.25, -0.2) is 9.59 Å². The van der Waals surface area contributed by atoms with Crippen molar-refractivity contribution < 1.29 is 30.0 Å². The quantitative estimate of drug-likeness (QED) is 0.156. The molecule has 0 aromatic heterocycles. The van der Waals surface area contributed by atoms with Crippen molar-refractivity contribution in [1.82, 2.24) is 0 Å². The van der Waals surface area contributed by atoms with Gasteiger partial charge in [0.05, 0.1) is 0 Å². The van der Waals surface area contributed by atoms with Crippen LogP contribution in [0, 0.1) is 0 Å². The van der Waals surface area contributed by atoms with Gasteiger partial charge in [-0.2, -0.15) is 0 Å². The smallest absolute Gasteiger partial charge is 0.335 e. The molecule has 0 heterocycles. The largest absolute Gasteiger partial charge is 0.479 e. The lowest BCUT2D eigenvalue weighted by Crippen LogP contribution is -2.39. The first kappa shape index (κ1) is 35.4. The van der Waals surface area contributed by atoms with Gasteiger partial charge in [-0.05, 0) is 25.9 Å². The van der Waals surface area contributed by atoms with Crippen LogP contribution in [0.3, 0.4) is 0 Å². The molecule has 0 aliphatic rings. The Labute approximate surface area is 195 Å². The Hall–Kier alpha value is -1.22. The summed E-state index contributed by atoms with van der Waals surface area (Å²) >= 11 is 0. The molecule has 0 radical (unpaired) electrons. The van der Waals surface area contributed by atoms with E-state index in [0.29, 0.717) is 0 Å². The molecule has 0 spiro atoms. The van der Waals surface area contributed by atoms with E-state index in [1.807, 2.05) is 0 Å². The number of aliphatic carboxylic acids is 2. The van der Waals surface area contributed by atoms with Crippen LogP contribution < -0.4 is 11.5 Å². The van der Waals surface area contributed by atoms with Crippen molar-refractivity contribution >= 4 is 11.9 Å². The minimum Gasteiger partial charge on any atom is -0.479 e. The van der Waals surface area contributed by atoms with Crippen LogP contribution in [-0.2, 0) is 9.59 Å². The summed E-state index contributed by atoms with van der Waals surface area (Å²) in [6.45, 7) is 6.26. The molecule has 8 heteroatoms. The Morgan fingerprint density at radius 2 is 0.750 bits per heavy atom. The first-order valence-corrected chi connectivity index (χ1v) is 12.5. The van der Waals surface area contributed by atoms with Gasteiger partial charge in [0, 0.05) is 0 Å². The van der Waals surface area contributed by atoms with E-state index in [9.17, 15) is 9.59 Å². The van der Waals surface area contributed by atoms with Crippen LogP contribution in [0.15, 0.2) is 0 Å². The predicted molar refractivity (Wildman–Crippen MR) is 131 cm³/mol. The molecule has 194 valence electrons. The molecule has 2 unspecified atom stereocenters. The van der Waals surface area contributed by atoms with Gasteiger partial charge >= 0.3 is 11.9 Å². The van der Waals surface area contributed by atoms with E-state index in [1.54, 1.807) is 0 Å². The molecule has 0 bridgehead atoms. The van der Waals surface area contributed by atoms with Gasteiger partial charge in [-0.15, -0.1) is 0 Å². The van der Waals surface area contributed by atoms with E-state index in [1.165, 1.54) is 103 Å². The maximum Gasteiger partial charge on any atom is 0.335 e. The minimum atomic E-state index is -2.27. The van der Waals surface area contributed by atoms with Crippen molar-refractivity contribution in [2.45, 2.75) is 129 Å². The number of unbranched alkanes of at least 4 members (excludes halogenated alkanes) is 14. The molecule has 2 atom stereocenters. The molecular formula is C24H52N2O6. The van der Waals surface area contributed by atoms with Crippen molar-refractivity contribution in [2.75, 3.05) is 13.1 Å². The minimum absolute atomic E-state index is 0.870. The number of carboxylic acids is 2. The monoisotopic (exact) mass is 464 g/mol. The van der Waals surface area contributed by atoms with E-state index in [4.69, 9.17) is 31.9 Å². The number of nitrogens with two attached hydrogens (primary N) is 2. The zero-order valence-corrected chi connectivity index (χ0v) is 20.6. The number of aliphatic hydroxyl groups excluding tert-OH is 2. The van der Waals surface area contributed by atoms with Crippen molar-refractivity contribution in [3.8, 4) is 0 Å². The summed E-state index contributed by atoms with van der Waals surface area (Å²) in [5.41, 5.74) is 10.8. The van der Waals surface area contributed by atoms with Crippen LogP contribution in [0.25, 0.3) is 0 Å². The topological polar surface area (TPSA) is 167 Å². The standard InChI is InChI=1S/2C10H23N.C4H6O6/c2*1-2-3-4-5-6-7-8-9-10-11;5-1(3(7)8)2(6)4(9)10/h2*2-11H2,1H3;1-2,5-6H,(H,7,8)(H,9,10). The fourth-order valence-electron chi connectivity index (χ4n) is 2.83. The molecule has 0 amide bonds. The summed E-state index contributed by atoms with van der Waals surface area (Å²) in [5.74, 6) is -3.54. The van der Waals surface area contributed by atoms with Crippen LogP contribution in [0.4, 0.5) is 0 Å². The van der Waals surface area contributed by atoms with E-state index in [2.05, 4.69) is 13.8 Å². The Bertz CT molecular complexity index is 345. The highest BCUT2D eigenvalue weighted by atomic mass is 16.4. The molecule has 8 N–H and O–H groups in total. The summed E-state index contributed by atoms with van der Waals surface area (Å²) < 4.78 is 0. The zero-order chi connectivity index (χ0) is 25.0. The first-order valence-electron chi connectivity index (χ1n) is 12.5. The van der Waals surface area contributed by atoms with E-state index in [0.717, 1.165) is 13.1 Å². The van der Waals surface area contributed by atoms with Crippen LogP contribution in [0.1, 0.15) is 117 Å². The van der Waals surface area contributed by atoms with Crippen LogP contribution in [-0.4, -0.2) is 57.7 Å². The van der Waals surface area contributed by atoms with Gasteiger partial charge in [0.15, 0.2) is 12.2 Å². The van der Waals surface area contributed by atoms with E-state index < -0.39 is 24.1 Å². The van der Waals surface area contributed by atoms with Gasteiger partial charge in [-0.3, -0.25) is 0 Å². The summed E-state index contributed by atoms with van der Waals surface area (Å²) in [4.78, 5) is 19.5. The van der Waals surface area contributed by atoms with Gasteiger partial charge in [0.2, 0.25) is 0 Å². The maximum atomic E-state index is 9.77. The first-order chi connectivity index (χ1) is 15.3. The number of rotatable bonds is 19. The molecule has 0 aromatic rings. The molecule has 0 saturated heterocycles. The number of hydrogen-bond donors (Lipinski definition) is 6. The lowest BCUT2D eigenvalue weighted by molar-refractivity contribution is -0.165.